The van der Waals surface area contributed by atoms with Gasteiger partial charge in [0.25, 0.3) is 0 Å². The summed E-state index contributed by atoms with van der Waals surface area (Å²) >= 11 is 12.4. The van der Waals surface area contributed by atoms with Gasteiger partial charge in [-0.05, 0) is 19.4 Å². The van der Waals surface area contributed by atoms with E-state index >= 15 is 0 Å². The molecule has 1 unspecified atom stereocenters. The smallest absolute Gasteiger partial charge is 0.139 e. The zero-order chi connectivity index (χ0) is 15.7. The highest BCUT2D eigenvalue weighted by atomic mass is 35.5. The highest BCUT2D eigenvalue weighted by Crippen LogP contribution is 2.35. The number of hydrogen-bond donors (Lipinski definition) is 1. The van der Waals surface area contributed by atoms with Crippen LogP contribution < -0.4 is 4.74 Å². The van der Waals surface area contributed by atoms with E-state index in [1.165, 1.54) is 25.7 Å². The molecule has 0 aromatic heterocycles. The van der Waals surface area contributed by atoms with Crippen molar-refractivity contribution in [1.82, 2.24) is 0 Å². The van der Waals surface area contributed by atoms with Gasteiger partial charge >= 0.3 is 0 Å². The highest BCUT2D eigenvalue weighted by Gasteiger charge is 2.15. The van der Waals surface area contributed by atoms with Gasteiger partial charge in [0.05, 0.1) is 22.8 Å². The number of rotatable bonds is 10. The maximum absolute atomic E-state index is 10.3. The topological polar surface area (TPSA) is 29.5 Å². The lowest BCUT2D eigenvalue weighted by Gasteiger charge is -2.15. The number of aliphatic hydroxyl groups is 1. The van der Waals surface area contributed by atoms with Gasteiger partial charge < -0.3 is 9.84 Å². The average Bonchev–Trinajstić information content (AvgIpc) is 2.46. The molecule has 4 heteroatoms. The molecule has 0 radical (unpaired) electrons. The summed E-state index contributed by atoms with van der Waals surface area (Å²) in [5.74, 6) is 0.569. The third-order valence-corrected chi connectivity index (χ3v) is 4.16. The van der Waals surface area contributed by atoms with Crippen LogP contribution in [0, 0.1) is 0 Å². The number of halogens is 2. The minimum atomic E-state index is -0.558. The second kappa shape index (κ2) is 10.3. The number of aliphatic hydroxyl groups excluding tert-OH is 1. The van der Waals surface area contributed by atoms with Crippen LogP contribution in [0.3, 0.4) is 0 Å². The van der Waals surface area contributed by atoms with Crippen molar-refractivity contribution in [1.29, 1.82) is 0 Å². The fourth-order valence-electron chi connectivity index (χ4n) is 2.34. The SMILES string of the molecule is CCCCCCCCC(O)c1cc(Cl)c(OCC)cc1Cl. The van der Waals surface area contributed by atoms with Gasteiger partial charge in [0, 0.05) is 11.6 Å². The number of ether oxygens (including phenoxy) is 1. The third kappa shape index (κ3) is 6.46. The standard InChI is InChI=1S/C17H26Cl2O2/c1-3-5-6-7-8-9-10-16(20)13-11-15(19)17(21-4-2)12-14(13)18/h11-12,16,20H,3-10H2,1-2H3. The molecule has 0 heterocycles. The number of benzene rings is 1. The third-order valence-electron chi connectivity index (χ3n) is 3.54. The van der Waals surface area contributed by atoms with Crippen molar-refractivity contribution in [3.63, 3.8) is 0 Å². The van der Waals surface area contributed by atoms with E-state index in [0.717, 1.165) is 19.3 Å². The maximum Gasteiger partial charge on any atom is 0.139 e. The Morgan fingerprint density at radius 1 is 1.00 bits per heavy atom. The van der Waals surface area contributed by atoms with Crippen LogP contribution in [-0.2, 0) is 0 Å². The lowest BCUT2D eigenvalue weighted by molar-refractivity contribution is 0.163. The Morgan fingerprint density at radius 3 is 2.33 bits per heavy atom. The maximum atomic E-state index is 10.3. The highest BCUT2D eigenvalue weighted by molar-refractivity contribution is 6.34. The Kier molecular flexibility index (Phi) is 9.14. The van der Waals surface area contributed by atoms with Crippen molar-refractivity contribution in [2.75, 3.05) is 6.61 Å². The Labute approximate surface area is 138 Å². The summed E-state index contributed by atoms with van der Waals surface area (Å²) in [6.07, 6.45) is 7.38. The van der Waals surface area contributed by atoms with Crippen molar-refractivity contribution in [3.05, 3.63) is 27.7 Å². The number of hydrogen-bond acceptors (Lipinski definition) is 2. The first kappa shape index (κ1) is 18.6. The van der Waals surface area contributed by atoms with Crippen LogP contribution in [0.4, 0.5) is 0 Å². The lowest BCUT2D eigenvalue weighted by atomic mass is 10.0. The predicted octanol–water partition coefficient (Wildman–Crippen LogP) is 6.18. The first-order valence-electron chi connectivity index (χ1n) is 7.89. The van der Waals surface area contributed by atoms with E-state index in [1.807, 2.05) is 6.92 Å². The molecule has 0 amide bonds. The van der Waals surface area contributed by atoms with E-state index in [2.05, 4.69) is 6.92 Å². The Morgan fingerprint density at radius 2 is 1.67 bits per heavy atom. The molecule has 0 saturated carbocycles. The monoisotopic (exact) mass is 332 g/mol. The summed E-state index contributed by atoms with van der Waals surface area (Å²) < 4.78 is 5.39. The van der Waals surface area contributed by atoms with Crippen LogP contribution >= 0.6 is 23.2 Å². The molecule has 1 rings (SSSR count). The van der Waals surface area contributed by atoms with Gasteiger partial charge in [-0.3, -0.25) is 0 Å². The van der Waals surface area contributed by atoms with Crippen molar-refractivity contribution < 1.29 is 9.84 Å². The molecule has 0 aliphatic carbocycles. The van der Waals surface area contributed by atoms with Crippen LogP contribution in [-0.4, -0.2) is 11.7 Å². The molecule has 1 N–H and O–H groups in total. The summed E-state index contributed by atoms with van der Waals surface area (Å²) in [5.41, 5.74) is 0.693. The summed E-state index contributed by atoms with van der Waals surface area (Å²) in [5, 5.41) is 11.3. The van der Waals surface area contributed by atoms with Gasteiger partial charge in [0.2, 0.25) is 0 Å². The van der Waals surface area contributed by atoms with Crippen molar-refractivity contribution in [2.24, 2.45) is 0 Å². The molecule has 0 bridgehead atoms. The zero-order valence-corrected chi connectivity index (χ0v) is 14.5. The minimum absolute atomic E-state index is 0.498. The quantitative estimate of drug-likeness (QED) is 0.518. The van der Waals surface area contributed by atoms with Gasteiger partial charge in [-0.15, -0.1) is 0 Å². The summed E-state index contributed by atoms with van der Waals surface area (Å²) in [6.45, 7) is 4.64. The molecule has 2 nitrogen and oxygen atoms in total. The molecule has 0 fully saturated rings. The van der Waals surface area contributed by atoms with Gasteiger partial charge in [-0.1, -0.05) is 68.7 Å². The molecule has 21 heavy (non-hydrogen) atoms. The first-order valence-corrected chi connectivity index (χ1v) is 8.65. The summed E-state index contributed by atoms with van der Waals surface area (Å²) in [4.78, 5) is 0. The fourth-order valence-corrected chi connectivity index (χ4v) is 2.85. The largest absolute Gasteiger partial charge is 0.492 e. The van der Waals surface area contributed by atoms with Crippen molar-refractivity contribution in [2.45, 2.75) is 64.9 Å². The molecule has 1 aromatic rings. The minimum Gasteiger partial charge on any atom is -0.492 e. The normalized spacial score (nSPS) is 12.4. The Balaban J connectivity index is 2.50. The Hall–Kier alpha value is -0.440. The molecule has 0 aliphatic rings. The predicted molar refractivity (Wildman–Crippen MR) is 90.6 cm³/mol. The van der Waals surface area contributed by atoms with Crippen LogP contribution in [0.15, 0.2) is 12.1 Å². The fraction of sp³-hybridized carbons (Fsp3) is 0.647. The van der Waals surface area contributed by atoms with E-state index in [4.69, 9.17) is 27.9 Å². The molecular formula is C17H26Cl2O2. The van der Waals surface area contributed by atoms with Gasteiger partial charge in [-0.2, -0.15) is 0 Å². The molecule has 1 aromatic carbocycles. The van der Waals surface area contributed by atoms with Gasteiger partial charge in [0.1, 0.15) is 5.75 Å². The summed E-state index contributed by atoms with van der Waals surface area (Å²) in [7, 11) is 0. The number of unbranched alkanes of at least 4 members (excludes halogenated alkanes) is 5. The van der Waals surface area contributed by atoms with E-state index in [9.17, 15) is 5.11 Å². The average molecular weight is 333 g/mol. The molecule has 0 saturated heterocycles. The van der Waals surface area contributed by atoms with Crippen LogP contribution in [0.25, 0.3) is 0 Å². The molecule has 0 spiro atoms. The molecule has 0 aliphatic heterocycles. The van der Waals surface area contributed by atoms with E-state index in [1.54, 1.807) is 12.1 Å². The molecule has 120 valence electrons. The van der Waals surface area contributed by atoms with Crippen LogP contribution in [0.5, 0.6) is 5.75 Å². The Bertz CT molecular complexity index is 421. The first-order chi connectivity index (χ1) is 10.1. The van der Waals surface area contributed by atoms with E-state index in [-0.39, 0.29) is 0 Å². The van der Waals surface area contributed by atoms with Gasteiger partial charge in [-0.25, -0.2) is 0 Å². The van der Waals surface area contributed by atoms with Crippen molar-refractivity contribution >= 4 is 23.2 Å². The van der Waals surface area contributed by atoms with E-state index < -0.39 is 6.10 Å². The lowest BCUT2D eigenvalue weighted by Crippen LogP contribution is -2.00. The van der Waals surface area contributed by atoms with Crippen LogP contribution in [0.1, 0.15) is 70.5 Å². The van der Waals surface area contributed by atoms with Gasteiger partial charge in [0.15, 0.2) is 0 Å². The van der Waals surface area contributed by atoms with E-state index in [0.29, 0.717) is 28.0 Å². The van der Waals surface area contributed by atoms with Crippen molar-refractivity contribution in [3.8, 4) is 5.75 Å². The zero-order valence-electron chi connectivity index (χ0n) is 13.0. The summed E-state index contributed by atoms with van der Waals surface area (Å²) in [6, 6.07) is 3.41. The molecule has 1 atom stereocenters. The second-order valence-corrected chi connectivity index (χ2v) is 6.12. The molecular weight excluding hydrogens is 307 g/mol. The van der Waals surface area contributed by atoms with Crippen LogP contribution in [0.2, 0.25) is 10.0 Å². The second-order valence-electron chi connectivity index (χ2n) is 5.31.